The van der Waals surface area contributed by atoms with Crippen molar-refractivity contribution in [1.82, 2.24) is 0 Å². The third-order valence-electron chi connectivity index (χ3n) is 11.4. The Morgan fingerprint density at radius 3 is 0.927 bits per heavy atom. The van der Waals surface area contributed by atoms with E-state index in [1.807, 2.05) is 0 Å². The Kier molecular flexibility index (Phi) is 46.3. The summed E-state index contributed by atoms with van der Waals surface area (Å²) in [6, 6.07) is 0. The van der Waals surface area contributed by atoms with Crippen molar-refractivity contribution in [3.63, 3.8) is 0 Å². The van der Waals surface area contributed by atoms with Crippen LogP contribution in [0.5, 0.6) is 0 Å². The van der Waals surface area contributed by atoms with E-state index in [2.05, 4.69) is 20.8 Å². The maximum absolute atomic E-state index is 12.7. The van der Waals surface area contributed by atoms with Crippen LogP contribution in [0.25, 0.3) is 0 Å². The Bertz CT molecular complexity index is 754. The molecule has 0 aliphatic rings. The molecule has 0 amide bonds. The first kappa shape index (κ1) is 53.9. The molecule has 0 radical (unpaired) electrons. The first-order chi connectivity index (χ1) is 27.1. The van der Waals surface area contributed by atoms with Crippen LogP contribution >= 0.6 is 0 Å². The Labute approximate surface area is 344 Å². The molecule has 0 spiro atoms. The summed E-state index contributed by atoms with van der Waals surface area (Å²) >= 11 is 0. The van der Waals surface area contributed by atoms with Gasteiger partial charge in [-0.25, -0.2) is 0 Å². The molecule has 0 rings (SSSR count). The summed E-state index contributed by atoms with van der Waals surface area (Å²) in [5.41, 5.74) is 0. The van der Waals surface area contributed by atoms with Crippen molar-refractivity contribution < 1.29 is 23.8 Å². The van der Waals surface area contributed by atoms with Gasteiger partial charge in [0.15, 0.2) is 6.10 Å². The third kappa shape index (κ3) is 45.5. The van der Waals surface area contributed by atoms with Crippen molar-refractivity contribution in [2.45, 2.75) is 290 Å². The molecule has 55 heavy (non-hydrogen) atoms. The quantitative estimate of drug-likeness (QED) is 0.0455. The predicted octanol–water partition coefficient (Wildman–Crippen LogP) is 16.5. The van der Waals surface area contributed by atoms with Crippen molar-refractivity contribution in [3.05, 3.63) is 0 Å². The van der Waals surface area contributed by atoms with Crippen LogP contribution in [0.15, 0.2) is 0 Å². The van der Waals surface area contributed by atoms with Crippen LogP contribution in [-0.4, -0.2) is 37.9 Å². The maximum atomic E-state index is 12.7. The molecule has 0 bridgehead atoms. The minimum atomic E-state index is -0.521. The maximum Gasteiger partial charge on any atom is 0.306 e. The van der Waals surface area contributed by atoms with Crippen molar-refractivity contribution in [3.8, 4) is 0 Å². The molecule has 0 fully saturated rings. The average Bonchev–Trinajstić information content (AvgIpc) is 3.18. The van der Waals surface area contributed by atoms with Gasteiger partial charge in [-0.1, -0.05) is 252 Å². The van der Waals surface area contributed by atoms with Gasteiger partial charge in [-0.05, 0) is 19.3 Å². The smallest absolute Gasteiger partial charge is 0.306 e. The molecule has 0 unspecified atom stereocenters. The summed E-state index contributed by atoms with van der Waals surface area (Å²) in [5, 5.41) is 0. The Morgan fingerprint density at radius 2 is 0.600 bits per heavy atom. The topological polar surface area (TPSA) is 61.8 Å². The van der Waals surface area contributed by atoms with Crippen LogP contribution in [0.1, 0.15) is 284 Å². The number of ether oxygens (including phenoxy) is 3. The highest BCUT2D eigenvalue weighted by Gasteiger charge is 2.17. The average molecular weight is 779 g/mol. The van der Waals surface area contributed by atoms with Gasteiger partial charge in [-0.15, -0.1) is 0 Å². The summed E-state index contributed by atoms with van der Waals surface area (Å²) in [6.07, 6.45) is 51.0. The minimum Gasteiger partial charge on any atom is -0.462 e. The van der Waals surface area contributed by atoms with Crippen LogP contribution < -0.4 is 0 Å². The standard InChI is InChI=1S/C50H98O5/c1-4-7-10-13-16-19-22-24-25-26-27-30-33-36-39-42-45-53-46-48(47-54-49(51)43-40-37-34-31-28-21-18-15-12-9-6-3)55-50(52)44-41-38-35-32-29-23-20-17-14-11-8-5-2/h48H,4-47H2,1-3H3/t48-/m1/s1. The Morgan fingerprint density at radius 1 is 0.327 bits per heavy atom. The zero-order chi connectivity index (χ0) is 40.0. The molecule has 0 heterocycles. The van der Waals surface area contributed by atoms with E-state index in [0.717, 1.165) is 32.1 Å². The van der Waals surface area contributed by atoms with Gasteiger partial charge in [0.2, 0.25) is 0 Å². The lowest BCUT2D eigenvalue weighted by atomic mass is 10.0. The molecular weight excluding hydrogens is 681 g/mol. The SMILES string of the molecule is CCCCCCCCCCCCCCCCCCOC[C@H](COC(=O)CCCCCCCCCCCCC)OC(=O)CCCCCCCCCCCCCC. The minimum absolute atomic E-state index is 0.0972. The van der Waals surface area contributed by atoms with E-state index in [0.29, 0.717) is 26.1 Å². The van der Waals surface area contributed by atoms with E-state index >= 15 is 0 Å². The van der Waals surface area contributed by atoms with Crippen LogP contribution in [0, 0.1) is 0 Å². The fraction of sp³-hybridized carbons (Fsp3) is 0.960. The molecule has 0 saturated heterocycles. The van der Waals surface area contributed by atoms with Gasteiger partial charge in [0.05, 0.1) is 6.61 Å². The number of hydrogen-bond donors (Lipinski definition) is 0. The van der Waals surface area contributed by atoms with Gasteiger partial charge in [0.1, 0.15) is 6.61 Å². The number of unbranched alkanes of at least 4 members (excludes halogenated alkanes) is 36. The van der Waals surface area contributed by atoms with E-state index in [1.165, 1.54) is 218 Å². The monoisotopic (exact) mass is 779 g/mol. The molecule has 0 aliphatic heterocycles. The molecule has 5 nitrogen and oxygen atoms in total. The van der Waals surface area contributed by atoms with Crippen LogP contribution in [0.4, 0.5) is 0 Å². The van der Waals surface area contributed by atoms with E-state index in [1.54, 1.807) is 0 Å². The fourth-order valence-electron chi connectivity index (χ4n) is 7.63. The highest BCUT2D eigenvalue weighted by molar-refractivity contribution is 5.70. The molecule has 0 saturated carbocycles. The summed E-state index contributed by atoms with van der Waals surface area (Å²) in [6.45, 7) is 7.89. The normalized spacial score (nSPS) is 12.0. The molecule has 5 heteroatoms. The van der Waals surface area contributed by atoms with Crippen molar-refractivity contribution >= 4 is 11.9 Å². The zero-order valence-corrected chi connectivity index (χ0v) is 37.7. The second-order valence-electron chi connectivity index (χ2n) is 17.1. The molecule has 0 aromatic carbocycles. The molecule has 0 aliphatic carbocycles. The van der Waals surface area contributed by atoms with Gasteiger partial charge in [0.25, 0.3) is 0 Å². The first-order valence-electron chi connectivity index (χ1n) is 25.1. The van der Waals surface area contributed by atoms with Crippen LogP contribution in [0.2, 0.25) is 0 Å². The molecule has 1 atom stereocenters. The van der Waals surface area contributed by atoms with Gasteiger partial charge in [-0.3, -0.25) is 9.59 Å². The van der Waals surface area contributed by atoms with Gasteiger partial charge in [-0.2, -0.15) is 0 Å². The fourth-order valence-corrected chi connectivity index (χ4v) is 7.63. The summed E-state index contributed by atoms with van der Waals surface area (Å²) in [7, 11) is 0. The molecule has 0 N–H and O–H groups in total. The van der Waals surface area contributed by atoms with Crippen molar-refractivity contribution in [2.24, 2.45) is 0 Å². The lowest BCUT2D eigenvalue weighted by Crippen LogP contribution is -2.30. The Hall–Kier alpha value is -1.10. The highest BCUT2D eigenvalue weighted by Crippen LogP contribution is 2.16. The number of esters is 2. The lowest BCUT2D eigenvalue weighted by Gasteiger charge is -2.18. The molecule has 328 valence electrons. The summed E-state index contributed by atoms with van der Waals surface area (Å²) in [5.74, 6) is -0.375. The Balaban J connectivity index is 4.16. The summed E-state index contributed by atoms with van der Waals surface area (Å²) in [4.78, 5) is 25.3. The van der Waals surface area contributed by atoms with Crippen molar-refractivity contribution in [1.29, 1.82) is 0 Å². The number of carbonyl (C=O) groups excluding carboxylic acids is 2. The van der Waals surface area contributed by atoms with Crippen LogP contribution in [0.3, 0.4) is 0 Å². The van der Waals surface area contributed by atoms with Gasteiger partial charge >= 0.3 is 11.9 Å². The highest BCUT2D eigenvalue weighted by atomic mass is 16.6. The van der Waals surface area contributed by atoms with E-state index in [9.17, 15) is 9.59 Å². The largest absolute Gasteiger partial charge is 0.462 e. The van der Waals surface area contributed by atoms with Crippen LogP contribution in [-0.2, 0) is 23.8 Å². The third-order valence-corrected chi connectivity index (χ3v) is 11.4. The second-order valence-corrected chi connectivity index (χ2v) is 17.1. The molecular formula is C50H98O5. The number of hydrogen-bond acceptors (Lipinski definition) is 5. The van der Waals surface area contributed by atoms with E-state index in [-0.39, 0.29) is 18.5 Å². The number of carbonyl (C=O) groups is 2. The molecule has 0 aromatic heterocycles. The van der Waals surface area contributed by atoms with Gasteiger partial charge in [0, 0.05) is 19.4 Å². The molecule has 0 aromatic rings. The summed E-state index contributed by atoms with van der Waals surface area (Å²) < 4.78 is 17.4. The van der Waals surface area contributed by atoms with E-state index in [4.69, 9.17) is 14.2 Å². The first-order valence-corrected chi connectivity index (χ1v) is 25.1. The number of rotatable bonds is 47. The van der Waals surface area contributed by atoms with Gasteiger partial charge < -0.3 is 14.2 Å². The zero-order valence-electron chi connectivity index (χ0n) is 37.7. The second kappa shape index (κ2) is 47.3. The lowest BCUT2D eigenvalue weighted by molar-refractivity contribution is -0.163. The van der Waals surface area contributed by atoms with Crippen molar-refractivity contribution in [2.75, 3.05) is 19.8 Å². The van der Waals surface area contributed by atoms with E-state index < -0.39 is 6.10 Å². The predicted molar refractivity (Wildman–Crippen MR) is 238 cm³/mol.